The molecule has 0 atom stereocenters. The highest BCUT2D eigenvalue weighted by atomic mass is 35.5. The van der Waals surface area contributed by atoms with E-state index >= 15 is 0 Å². The highest BCUT2D eigenvalue weighted by Gasteiger charge is 2.17. The minimum Gasteiger partial charge on any atom is -0.318 e. The van der Waals surface area contributed by atoms with E-state index in [9.17, 15) is 4.79 Å². The second kappa shape index (κ2) is 8.69. The lowest BCUT2D eigenvalue weighted by molar-refractivity contribution is 0.103. The van der Waals surface area contributed by atoms with Crippen molar-refractivity contribution in [3.8, 4) is 0 Å². The molecule has 1 N–H and O–H groups in total. The van der Waals surface area contributed by atoms with Crippen LogP contribution in [0.1, 0.15) is 43.6 Å². The van der Waals surface area contributed by atoms with Crippen LogP contribution >= 0.6 is 22.9 Å². The first-order chi connectivity index (χ1) is 14.8. The van der Waals surface area contributed by atoms with Gasteiger partial charge in [0.2, 0.25) is 0 Å². The molecule has 0 saturated heterocycles. The molecule has 0 bridgehead atoms. The summed E-state index contributed by atoms with van der Waals surface area (Å²) in [6.45, 7) is 8.97. The van der Waals surface area contributed by atoms with Crippen LogP contribution in [0.15, 0.2) is 41.8 Å². The Hall–Kier alpha value is -2.90. The van der Waals surface area contributed by atoms with E-state index in [-0.39, 0.29) is 5.91 Å². The van der Waals surface area contributed by atoms with Crippen molar-refractivity contribution in [2.45, 2.75) is 40.8 Å². The molecule has 4 aromatic rings. The lowest BCUT2D eigenvalue weighted by Gasteiger charge is -2.07. The van der Waals surface area contributed by atoms with Crippen LogP contribution in [0.3, 0.4) is 0 Å². The predicted molar refractivity (Wildman–Crippen MR) is 125 cm³/mol. The number of carbonyl (C=O) groups excluding carboxylic acids is 1. The third kappa shape index (κ3) is 4.43. The molecule has 3 heterocycles. The minimum atomic E-state index is -0.131. The zero-order valence-electron chi connectivity index (χ0n) is 17.9. The number of halogens is 1. The van der Waals surface area contributed by atoms with Crippen molar-refractivity contribution < 1.29 is 4.79 Å². The zero-order chi connectivity index (χ0) is 22.1. The van der Waals surface area contributed by atoms with Gasteiger partial charge in [0, 0.05) is 0 Å². The summed E-state index contributed by atoms with van der Waals surface area (Å²) in [5.41, 5.74) is 6.42. The van der Waals surface area contributed by atoms with E-state index < -0.39 is 0 Å². The molecule has 0 spiro atoms. The first-order valence-electron chi connectivity index (χ1n) is 9.99. The molecular weight excluding hydrogens is 430 g/mol. The van der Waals surface area contributed by atoms with Gasteiger partial charge in [0.25, 0.3) is 5.91 Å². The van der Waals surface area contributed by atoms with Crippen LogP contribution in [-0.2, 0) is 13.1 Å². The molecule has 4 rings (SSSR count). The Morgan fingerprint density at radius 1 is 0.968 bits per heavy atom. The van der Waals surface area contributed by atoms with Gasteiger partial charge in [0.1, 0.15) is 0 Å². The highest BCUT2D eigenvalue weighted by Crippen LogP contribution is 2.24. The number of thiophene rings is 1. The Bertz CT molecular complexity index is 1240. The first kappa shape index (κ1) is 21.3. The monoisotopic (exact) mass is 453 g/mol. The van der Waals surface area contributed by atoms with Crippen molar-refractivity contribution in [2.75, 3.05) is 5.32 Å². The number of anilines is 1. The number of carbonyl (C=O) groups is 1. The Labute approximate surface area is 190 Å². The molecule has 6 nitrogen and oxygen atoms in total. The van der Waals surface area contributed by atoms with Crippen molar-refractivity contribution >= 4 is 34.5 Å². The fraction of sp³-hybridized carbons (Fsp3) is 0.261. The van der Waals surface area contributed by atoms with Gasteiger partial charge >= 0.3 is 0 Å². The van der Waals surface area contributed by atoms with Crippen LogP contribution in [-0.4, -0.2) is 25.5 Å². The van der Waals surface area contributed by atoms with Crippen molar-refractivity contribution in [3.63, 3.8) is 0 Å². The van der Waals surface area contributed by atoms with Gasteiger partial charge in [0.05, 0.1) is 51.5 Å². The molecule has 0 aliphatic rings. The van der Waals surface area contributed by atoms with E-state index in [2.05, 4.69) is 27.6 Å². The van der Waals surface area contributed by atoms with E-state index in [0.717, 1.165) is 39.6 Å². The number of nitrogens with one attached hydrogen (secondary N) is 1. The topological polar surface area (TPSA) is 64.7 Å². The fourth-order valence-corrected chi connectivity index (χ4v) is 4.48. The van der Waals surface area contributed by atoms with Crippen LogP contribution in [0.2, 0.25) is 5.02 Å². The van der Waals surface area contributed by atoms with Gasteiger partial charge in [-0.2, -0.15) is 10.2 Å². The van der Waals surface area contributed by atoms with Crippen LogP contribution in [0.5, 0.6) is 0 Å². The molecule has 0 unspecified atom stereocenters. The van der Waals surface area contributed by atoms with E-state index in [4.69, 9.17) is 11.6 Å². The average Bonchev–Trinajstić information content (AvgIpc) is 3.39. The summed E-state index contributed by atoms with van der Waals surface area (Å²) >= 11 is 7.66. The molecule has 1 amide bonds. The summed E-state index contributed by atoms with van der Waals surface area (Å²) in [4.78, 5) is 13.5. The number of nitrogens with zero attached hydrogens (tertiary/aromatic N) is 4. The maximum Gasteiger partial charge on any atom is 0.265 e. The van der Waals surface area contributed by atoms with E-state index in [1.807, 2.05) is 66.7 Å². The summed E-state index contributed by atoms with van der Waals surface area (Å²) in [6.07, 6.45) is 0. The van der Waals surface area contributed by atoms with E-state index in [0.29, 0.717) is 23.0 Å². The molecule has 3 aromatic heterocycles. The summed E-state index contributed by atoms with van der Waals surface area (Å²) < 4.78 is 3.79. The Morgan fingerprint density at radius 2 is 1.61 bits per heavy atom. The molecule has 8 heteroatoms. The van der Waals surface area contributed by atoms with Crippen molar-refractivity contribution in [3.05, 3.63) is 85.6 Å². The maximum atomic E-state index is 12.9. The van der Waals surface area contributed by atoms with E-state index in [1.165, 1.54) is 11.3 Å². The Morgan fingerprint density at radius 3 is 2.29 bits per heavy atom. The van der Waals surface area contributed by atoms with Gasteiger partial charge in [-0.25, -0.2) is 0 Å². The molecule has 0 aliphatic heterocycles. The van der Waals surface area contributed by atoms with Crippen LogP contribution in [0.4, 0.5) is 5.69 Å². The first-order valence-corrected chi connectivity index (χ1v) is 11.3. The molecule has 0 radical (unpaired) electrons. The molecule has 0 fully saturated rings. The number of amides is 1. The summed E-state index contributed by atoms with van der Waals surface area (Å²) in [5, 5.41) is 14.8. The third-order valence-electron chi connectivity index (χ3n) is 5.30. The quantitative estimate of drug-likeness (QED) is 0.426. The standard InChI is InChI=1S/C23H24ClN5OS/c1-14-21(24)16(3)28(26-14)12-19-10-20(31-13-19)23(30)25-22-15(2)27-29(17(22)4)11-18-8-6-5-7-9-18/h5-10,13H,11-12H2,1-4H3,(H,25,30). The van der Waals surface area contributed by atoms with Gasteiger partial charge in [-0.1, -0.05) is 41.9 Å². The van der Waals surface area contributed by atoms with Gasteiger partial charge in [-0.3, -0.25) is 14.2 Å². The normalized spacial score (nSPS) is 11.1. The summed E-state index contributed by atoms with van der Waals surface area (Å²) in [7, 11) is 0. The largest absolute Gasteiger partial charge is 0.318 e. The highest BCUT2D eigenvalue weighted by molar-refractivity contribution is 7.12. The van der Waals surface area contributed by atoms with Crippen molar-refractivity contribution in [1.29, 1.82) is 0 Å². The second-order valence-electron chi connectivity index (χ2n) is 7.60. The Kier molecular flexibility index (Phi) is 5.98. The van der Waals surface area contributed by atoms with Gasteiger partial charge < -0.3 is 5.32 Å². The fourth-order valence-electron chi connectivity index (χ4n) is 3.54. The summed E-state index contributed by atoms with van der Waals surface area (Å²) in [5.74, 6) is -0.131. The van der Waals surface area contributed by atoms with Gasteiger partial charge in [-0.05, 0) is 50.3 Å². The van der Waals surface area contributed by atoms with Crippen LogP contribution in [0, 0.1) is 27.7 Å². The number of hydrogen-bond acceptors (Lipinski definition) is 4. The lowest BCUT2D eigenvalue weighted by atomic mass is 10.2. The molecule has 0 aliphatic carbocycles. The number of aryl methyl sites for hydroxylation is 2. The van der Waals surface area contributed by atoms with Crippen LogP contribution in [0.25, 0.3) is 0 Å². The maximum absolute atomic E-state index is 12.9. The Balaban J connectivity index is 1.48. The van der Waals surface area contributed by atoms with Crippen LogP contribution < -0.4 is 5.32 Å². The second-order valence-corrected chi connectivity index (χ2v) is 8.89. The SMILES string of the molecule is Cc1nn(Cc2csc(C(=O)Nc3c(C)nn(Cc4ccccc4)c3C)c2)c(C)c1Cl. The average molecular weight is 454 g/mol. The number of hydrogen-bond donors (Lipinski definition) is 1. The minimum absolute atomic E-state index is 0.131. The summed E-state index contributed by atoms with van der Waals surface area (Å²) in [6, 6.07) is 12.1. The predicted octanol–water partition coefficient (Wildman–Crippen LogP) is 5.38. The van der Waals surface area contributed by atoms with Crippen molar-refractivity contribution in [2.24, 2.45) is 0 Å². The number of aromatic nitrogens is 4. The molecule has 31 heavy (non-hydrogen) atoms. The van der Waals surface area contributed by atoms with Gasteiger partial charge in [0.15, 0.2) is 0 Å². The number of benzene rings is 1. The smallest absolute Gasteiger partial charge is 0.265 e. The lowest BCUT2D eigenvalue weighted by Crippen LogP contribution is -2.12. The van der Waals surface area contributed by atoms with Gasteiger partial charge in [-0.15, -0.1) is 11.3 Å². The van der Waals surface area contributed by atoms with E-state index in [1.54, 1.807) is 0 Å². The molecule has 0 saturated carbocycles. The molecular formula is C23H24ClN5OS. The third-order valence-corrected chi connectivity index (χ3v) is 6.82. The molecule has 160 valence electrons. The number of rotatable bonds is 6. The zero-order valence-corrected chi connectivity index (χ0v) is 19.5. The molecule has 1 aromatic carbocycles. The van der Waals surface area contributed by atoms with Crippen molar-refractivity contribution in [1.82, 2.24) is 19.6 Å².